The number of hydrogen-bond acceptors (Lipinski definition) is 4. The van der Waals surface area contributed by atoms with Crippen molar-refractivity contribution in [2.45, 2.75) is 32.2 Å². The average molecular weight is 386 g/mol. The van der Waals surface area contributed by atoms with Gasteiger partial charge in [-0.3, -0.25) is 0 Å². The molecule has 3 aromatic heterocycles. The lowest BCUT2D eigenvalue weighted by molar-refractivity contribution is 0.570. The SMILES string of the molecule is c1ccc2nc(N3CCCCC3)c(CNCCc3cn4ccccc4n3)cc2c1. The van der Waals surface area contributed by atoms with Crippen LogP contribution in [-0.2, 0) is 13.0 Å². The van der Waals surface area contributed by atoms with Gasteiger partial charge < -0.3 is 14.6 Å². The van der Waals surface area contributed by atoms with E-state index in [1.807, 2.05) is 24.4 Å². The number of imidazole rings is 1. The maximum Gasteiger partial charge on any atom is 0.136 e. The van der Waals surface area contributed by atoms with Crippen LogP contribution in [0.15, 0.2) is 60.9 Å². The summed E-state index contributed by atoms with van der Waals surface area (Å²) >= 11 is 0. The molecule has 5 nitrogen and oxygen atoms in total. The predicted molar refractivity (Wildman–Crippen MR) is 118 cm³/mol. The summed E-state index contributed by atoms with van der Waals surface area (Å²) < 4.78 is 2.08. The molecule has 0 radical (unpaired) electrons. The van der Waals surface area contributed by atoms with Gasteiger partial charge in [0, 0.05) is 55.9 Å². The normalized spacial score (nSPS) is 14.7. The van der Waals surface area contributed by atoms with Crippen molar-refractivity contribution >= 4 is 22.4 Å². The van der Waals surface area contributed by atoms with E-state index >= 15 is 0 Å². The summed E-state index contributed by atoms with van der Waals surface area (Å²) in [5, 5.41) is 4.84. The summed E-state index contributed by atoms with van der Waals surface area (Å²) in [5.74, 6) is 1.16. The maximum atomic E-state index is 5.03. The maximum absolute atomic E-state index is 5.03. The highest BCUT2D eigenvalue weighted by atomic mass is 15.2. The van der Waals surface area contributed by atoms with Crippen molar-refractivity contribution in [2.24, 2.45) is 0 Å². The number of aromatic nitrogens is 3. The highest BCUT2D eigenvalue weighted by Gasteiger charge is 2.17. The fourth-order valence-corrected chi connectivity index (χ4v) is 4.21. The Hall–Kier alpha value is -2.92. The number of piperidine rings is 1. The van der Waals surface area contributed by atoms with Crippen LogP contribution in [0, 0.1) is 0 Å². The van der Waals surface area contributed by atoms with Crippen LogP contribution in [0.5, 0.6) is 0 Å². The van der Waals surface area contributed by atoms with E-state index in [2.05, 4.69) is 51.1 Å². The van der Waals surface area contributed by atoms with Crippen LogP contribution < -0.4 is 10.2 Å². The van der Waals surface area contributed by atoms with Crippen molar-refractivity contribution in [3.05, 3.63) is 72.2 Å². The Labute approximate surface area is 171 Å². The molecule has 4 aromatic rings. The molecule has 0 saturated carbocycles. The minimum absolute atomic E-state index is 0.830. The number of para-hydroxylation sites is 1. The highest BCUT2D eigenvalue weighted by Crippen LogP contribution is 2.26. The van der Waals surface area contributed by atoms with Crippen LogP contribution in [0.2, 0.25) is 0 Å². The fourth-order valence-electron chi connectivity index (χ4n) is 4.21. The summed E-state index contributed by atoms with van der Waals surface area (Å²) in [6, 6.07) is 16.8. The lowest BCUT2D eigenvalue weighted by Crippen LogP contribution is -2.32. The third-order valence-corrected chi connectivity index (χ3v) is 5.72. The lowest BCUT2D eigenvalue weighted by Gasteiger charge is -2.30. The zero-order valence-electron chi connectivity index (χ0n) is 16.7. The van der Waals surface area contributed by atoms with Gasteiger partial charge in [-0.05, 0) is 43.5 Å². The molecule has 1 fully saturated rings. The molecule has 1 saturated heterocycles. The number of benzene rings is 1. The lowest BCUT2D eigenvalue weighted by atomic mass is 10.1. The van der Waals surface area contributed by atoms with E-state index in [0.717, 1.165) is 55.3 Å². The Morgan fingerprint density at radius 2 is 1.79 bits per heavy atom. The molecule has 0 bridgehead atoms. The molecule has 1 aliphatic heterocycles. The number of hydrogen-bond donors (Lipinski definition) is 1. The van der Waals surface area contributed by atoms with Gasteiger partial charge in [-0.15, -0.1) is 0 Å². The van der Waals surface area contributed by atoms with E-state index < -0.39 is 0 Å². The zero-order chi connectivity index (χ0) is 19.5. The molecule has 29 heavy (non-hydrogen) atoms. The molecule has 0 spiro atoms. The molecule has 1 N–H and O–H groups in total. The molecule has 1 aromatic carbocycles. The van der Waals surface area contributed by atoms with Gasteiger partial charge in [-0.2, -0.15) is 0 Å². The molecule has 0 atom stereocenters. The number of nitrogens with one attached hydrogen (secondary N) is 1. The van der Waals surface area contributed by atoms with Crippen molar-refractivity contribution in [1.82, 2.24) is 19.7 Å². The third-order valence-electron chi connectivity index (χ3n) is 5.72. The fraction of sp³-hybridized carbons (Fsp3) is 0.333. The van der Waals surface area contributed by atoms with Gasteiger partial charge in [-0.25, -0.2) is 9.97 Å². The molecule has 1 aliphatic rings. The average Bonchev–Trinajstić information content (AvgIpc) is 3.20. The summed E-state index contributed by atoms with van der Waals surface area (Å²) in [6.07, 6.45) is 8.93. The minimum Gasteiger partial charge on any atom is -0.356 e. The van der Waals surface area contributed by atoms with Crippen molar-refractivity contribution in [1.29, 1.82) is 0 Å². The molecule has 0 aliphatic carbocycles. The number of pyridine rings is 2. The van der Waals surface area contributed by atoms with Crippen molar-refractivity contribution in [2.75, 3.05) is 24.5 Å². The number of nitrogens with zero attached hydrogens (tertiary/aromatic N) is 4. The third kappa shape index (κ3) is 3.96. The number of anilines is 1. The van der Waals surface area contributed by atoms with Gasteiger partial charge in [0.1, 0.15) is 11.5 Å². The summed E-state index contributed by atoms with van der Waals surface area (Å²) in [7, 11) is 0. The minimum atomic E-state index is 0.830. The molecular formula is C24H27N5. The Morgan fingerprint density at radius 3 is 2.69 bits per heavy atom. The molecule has 0 unspecified atom stereocenters. The van der Waals surface area contributed by atoms with E-state index in [1.165, 1.54) is 30.2 Å². The van der Waals surface area contributed by atoms with Crippen molar-refractivity contribution in [3.63, 3.8) is 0 Å². The number of rotatable bonds is 6. The first kappa shape index (κ1) is 18.1. The summed E-state index contributed by atoms with van der Waals surface area (Å²) in [4.78, 5) is 12.2. The largest absolute Gasteiger partial charge is 0.356 e. The van der Waals surface area contributed by atoms with E-state index in [0.29, 0.717) is 0 Å². The van der Waals surface area contributed by atoms with Crippen LogP contribution in [0.25, 0.3) is 16.6 Å². The second-order valence-electron chi connectivity index (χ2n) is 7.84. The van der Waals surface area contributed by atoms with Crippen LogP contribution in [-0.4, -0.2) is 34.0 Å². The smallest absolute Gasteiger partial charge is 0.136 e. The molecule has 0 amide bonds. The molecule has 148 valence electrons. The van der Waals surface area contributed by atoms with E-state index in [9.17, 15) is 0 Å². The van der Waals surface area contributed by atoms with Gasteiger partial charge in [0.25, 0.3) is 0 Å². The van der Waals surface area contributed by atoms with Crippen LogP contribution >= 0.6 is 0 Å². The Balaban J connectivity index is 1.30. The van der Waals surface area contributed by atoms with E-state index in [-0.39, 0.29) is 0 Å². The van der Waals surface area contributed by atoms with Gasteiger partial charge in [0.2, 0.25) is 0 Å². The van der Waals surface area contributed by atoms with Gasteiger partial charge >= 0.3 is 0 Å². The highest BCUT2D eigenvalue weighted by molar-refractivity contribution is 5.81. The first-order valence-electron chi connectivity index (χ1n) is 10.6. The van der Waals surface area contributed by atoms with Gasteiger partial charge in [0.05, 0.1) is 11.2 Å². The Bertz CT molecular complexity index is 1080. The first-order valence-corrected chi connectivity index (χ1v) is 10.6. The monoisotopic (exact) mass is 385 g/mol. The topological polar surface area (TPSA) is 45.5 Å². The second kappa shape index (κ2) is 8.21. The standard InChI is InChI=1S/C24H27N5/c1-5-13-28(14-6-1)24-20(16-19-8-2-3-9-22(19)27-24)17-25-12-11-21-18-29-15-7-4-10-23(29)26-21/h2-4,7-10,15-16,18,25H,1,5-6,11-14,17H2. The zero-order valence-corrected chi connectivity index (χ0v) is 16.7. The molecule has 5 rings (SSSR count). The quantitative estimate of drug-likeness (QED) is 0.505. The summed E-state index contributed by atoms with van der Waals surface area (Å²) in [6.45, 7) is 3.95. The van der Waals surface area contributed by atoms with Gasteiger partial charge in [0.15, 0.2) is 0 Å². The molecular weight excluding hydrogens is 358 g/mol. The van der Waals surface area contributed by atoms with Crippen LogP contribution in [0.3, 0.4) is 0 Å². The Morgan fingerprint density at radius 1 is 0.931 bits per heavy atom. The van der Waals surface area contributed by atoms with Crippen LogP contribution in [0.4, 0.5) is 5.82 Å². The van der Waals surface area contributed by atoms with Crippen molar-refractivity contribution in [3.8, 4) is 0 Å². The van der Waals surface area contributed by atoms with Crippen molar-refractivity contribution < 1.29 is 0 Å². The molecule has 4 heterocycles. The molecule has 5 heteroatoms. The van der Waals surface area contributed by atoms with E-state index in [1.54, 1.807) is 0 Å². The predicted octanol–water partition coefficient (Wildman–Crippen LogP) is 4.21. The van der Waals surface area contributed by atoms with Gasteiger partial charge in [-0.1, -0.05) is 24.3 Å². The first-order chi connectivity index (χ1) is 14.4. The Kier molecular flexibility index (Phi) is 5.13. The van der Waals surface area contributed by atoms with E-state index in [4.69, 9.17) is 9.97 Å². The second-order valence-corrected chi connectivity index (χ2v) is 7.84. The summed E-state index contributed by atoms with van der Waals surface area (Å²) in [5.41, 5.74) is 4.51. The van der Waals surface area contributed by atoms with Crippen LogP contribution in [0.1, 0.15) is 30.5 Å². The number of fused-ring (bicyclic) bond motifs is 2.